The van der Waals surface area contributed by atoms with Gasteiger partial charge in [0.1, 0.15) is 24.2 Å². The first-order valence-electron chi connectivity index (χ1n) is 14.3. The van der Waals surface area contributed by atoms with Crippen LogP contribution in [0.1, 0.15) is 77.3 Å². The summed E-state index contributed by atoms with van der Waals surface area (Å²) in [6, 6.07) is 5.43. The van der Waals surface area contributed by atoms with Gasteiger partial charge in [0.25, 0.3) is 5.91 Å². The van der Waals surface area contributed by atoms with Gasteiger partial charge in [0.05, 0.1) is 16.6 Å². The zero-order valence-electron chi connectivity index (χ0n) is 24.9. The maximum Gasteiger partial charge on any atom is 0.325 e. The minimum Gasteiger partial charge on any atom is -0.455 e. The van der Waals surface area contributed by atoms with Gasteiger partial charge < -0.3 is 15.4 Å². The fourth-order valence-corrected chi connectivity index (χ4v) is 5.09. The number of nitrogens with one attached hydrogen (secondary N) is 3. The molecule has 10 heteroatoms. The van der Waals surface area contributed by atoms with Gasteiger partial charge in [-0.05, 0) is 76.6 Å². The molecule has 41 heavy (non-hydrogen) atoms. The second-order valence-electron chi connectivity index (χ2n) is 12.0. The van der Waals surface area contributed by atoms with Crippen molar-refractivity contribution in [2.75, 3.05) is 6.54 Å². The molecule has 0 radical (unpaired) electrons. The van der Waals surface area contributed by atoms with Gasteiger partial charge in [0.2, 0.25) is 11.8 Å². The van der Waals surface area contributed by atoms with E-state index in [4.69, 9.17) is 9.72 Å². The molecule has 1 aromatic carbocycles. The number of fused-ring (bicyclic) bond motifs is 4. The Kier molecular flexibility index (Phi) is 8.82. The van der Waals surface area contributed by atoms with E-state index < -0.39 is 41.5 Å². The molecule has 2 aliphatic rings. The zero-order valence-corrected chi connectivity index (χ0v) is 24.9. The molecule has 5 bridgehead atoms. The molecular formula is C31H41N5O5. The number of amides is 3. The van der Waals surface area contributed by atoms with E-state index in [1.54, 1.807) is 33.8 Å². The highest BCUT2D eigenvalue weighted by Gasteiger charge is 2.35. The quantitative estimate of drug-likeness (QED) is 0.454. The normalized spacial score (nSPS) is 26.9. The van der Waals surface area contributed by atoms with E-state index >= 15 is 0 Å². The van der Waals surface area contributed by atoms with Gasteiger partial charge in [-0.2, -0.15) is 0 Å². The third kappa shape index (κ3) is 6.75. The third-order valence-electron chi connectivity index (χ3n) is 7.73. The number of aromatic nitrogens is 1. The largest absolute Gasteiger partial charge is 0.455 e. The number of pyridine rings is 1. The summed E-state index contributed by atoms with van der Waals surface area (Å²) in [5.74, 6) is -1.84. The van der Waals surface area contributed by atoms with E-state index in [2.05, 4.69) is 16.1 Å². The van der Waals surface area contributed by atoms with Crippen LogP contribution in [0.15, 0.2) is 30.3 Å². The van der Waals surface area contributed by atoms with Crippen LogP contribution in [0.3, 0.4) is 0 Å². The van der Waals surface area contributed by atoms with Crippen LogP contribution in [-0.4, -0.2) is 58.4 Å². The van der Waals surface area contributed by atoms with E-state index in [9.17, 15) is 19.2 Å². The number of ether oxygens (including phenoxy) is 1. The summed E-state index contributed by atoms with van der Waals surface area (Å²) >= 11 is 0. The number of carbonyl (C=O) groups excluding carboxylic acids is 4. The van der Waals surface area contributed by atoms with Gasteiger partial charge in [-0.15, -0.1) is 0 Å². The predicted molar refractivity (Wildman–Crippen MR) is 156 cm³/mol. The summed E-state index contributed by atoms with van der Waals surface area (Å²) in [5.41, 5.74) is 5.20. The molecule has 1 saturated heterocycles. The Hall–Kier alpha value is -3.79. The smallest absolute Gasteiger partial charge is 0.325 e. The summed E-state index contributed by atoms with van der Waals surface area (Å²) in [4.78, 5) is 57.8. The van der Waals surface area contributed by atoms with Crippen molar-refractivity contribution in [2.45, 2.75) is 85.5 Å². The molecule has 2 unspecified atom stereocenters. The number of hydrazine groups is 1. The third-order valence-corrected chi connectivity index (χ3v) is 7.73. The van der Waals surface area contributed by atoms with Crippen molar-refractivity contribution < 1.29 is 23.9 Å². The summed E-state index contributed by atoms with van der Waals surface area (Å²) in [7, 11) is 0. The topological polar surface area (TPSA) is 130 Å². The second kappa shape index (κ2) is 12.0. The van der Waals surface area contributed by atoms with Crippen molar-refractivity contribution in [3.8, 4) is 0 Å². The molecular weight excluding hydrogens is 522 g/mol. The van der Waals surface area contributed by atoms with Gasteiger partial charge in [0, 0.05) is 11.9 Å². The lowest BCUT2D eigenvalue weighted by molar-refractivity contribution is -0.157. The van der Waals surface area contributed by atoms with Crippen molar-refractivity contribution in [3.05, 3.63) is 47.2 Å². The maximum absolute atomic E-state index is 13.3. The van der Waals surface area contributed by atoms with E-state index in [0.29, 0.717) is 25.1 Å². The Balaban J connectivity index is 1.73. The number of carbonyl (C=O) groups is 4. The minimum atomic E-state index is -0.927. The number of rotatable bonds is 1. The Morgan fingerprint density at radius 3 is 2.51 bits per heavy atom. The molecule has 10 nitrogen and oxygen atoms in total. The zero-order chi connectivity index (χ0) is 30.1. The van der Waals surface area contributed by atoms with Gasteiger partial charge in [-0.1, -0.05) is 38.1 Å². The van der Waals surface area contributed by atoms with Crippen LogP contribution in [0.4, 0.5) is 0 Å². The summed E-state index contributed by atoms with van der Waals surface area (Å²) in [6.07, 6.45) is 4.15. The molecule has 4 atom stereocenters. The molecule has 3 N–H and O–H groups in total. The van der Waals surface area contributed by atoms with Crippen LogP contribution in [0, 0.1) is 18.3 Å². The first kappa shape index (κ1) is 30.2. The van der Waals surface area contributed by atoms with Gasteiger partial charge in [0.15, 0.2) is 0 Å². The Bertz CT molecular complexity index is 1380. The average Bonchev–Trinajstić information content (AvgIpc) is 2.93. The molecule has 2 aromatic rings. The fraction of sp³-hybridized carbons (Fsp3) is 0.516. The molecule has 4 rings (SSSR count). The van der Waals surface area contributed by atoms with Crippen molar-refractivity contribution >= 4 is 40.7 Å². The second-order valence-corrected chi connectivity index (χ2v) is 12.0. The SMILES string of the molecule is Cc1cc2ccc3cc2nc1[C@@H](C)OC(=O)[C@@H]1CCCN(N1)C(=O)C(C)NC(=O)C(C(C)C)NC(=O)C(C)(C)/C=C/3. The lowest BCUT2D eigenvalue weighted by Crippen LogP contribution is -2.61. The summed E-state index contributed by atoms with van der Waals surface area (Å²) in [6.45, 7) is 12.9. The number of nitrogens with zero attached hydrogens (tertiary/aromatic N) is 2. The highest BCUT2D eigenvalue weighted by molar-refractivity contribution is 5.94. The van der Waals surface area contributed by atoms with E-state index in [-0.39, 0.29) is 17.7 Å². The lowest BCUT2D eigenvalue weighted by atomic mass is 9.89. The molecule has 0 spiro atoms. The summed E-state index contributed by atoms with van der Waals surface area (Å²) in [5, 5.41) is 7.94. The fourth-order valence-electron chi connectivity index (χ4n) is 5.09. The first-order chi connectivity index (χ1) is 19.3. The van der Waals surface area contributed by atoms with Gasteiger partial charge in [-0.25, -0.2) is 10.4 Å². The van der Waals surface area contributed by atoms with Crippen LogP contribution in [0.25, 0.3) is 17.0 Å². The molecule has 220 valence electrons. The minimum absolute atomic E-state index is 0.221. The average molecular weight is 564 g/mol. The number of hydrogen-bond donors (Lipinski definition) is 3. The Labute approximate surface area is 241 Å². The Morgan fingerprint density at radius 1 is 1.07 bits per heavy atom. The van der Waals surface area contributed by atoms with Crippen molar-refractivity contribution in [1.29, 1.82) is 0 Å². The molecule has 1 fully saturated rings. The van der Waals surface area contributed by atoms with Crippen LogP contribution in [0.5, 0.6) is 0 Å². The van der Waals surface area contributed by atoms with Crippen molar-refractivity contribution in [2.24, 2.45) is 11.3 Å². The first-order valence-corrected chi connectivity index (χ1v) is 14.3. The van der Waals surface area contributed by atoms with Crippen molar-refractivity contribution in [1.82, 2.24) is 26.1 Å². The highest BCUT2D eigenvalue weighted by atomic mass is 16.5. The Morgan fingerprint density at radius 2 is 1.80 bits per heavy atom. The van der Waals surface area contributed by atoms with Crippen LogP contribution >= 0.6 is 0 Å². The number of hydrogen-bond acceptors (Lipinski definition) is 7. The highest BCUT2D eigenvalue weighted by Crippen LogP contribution is 2.27. The maximum atomic E-state index is 13.3. The molecule has 2 aliphatic heterocycles. The monoisotopic (exact) mass is 563 g/mol. The van der Waals surface area contributed by atoms with Gasteiger partial charge >= 0.3 is 5.97 Å². The number of esters is 1. The van der Waals surface area contributed by atoms with Crippen LogP contribution in [0.2, 0.25) is 0 Å². The number of aryl methyl sites for hydroxylation is 1. The standard InChI is InChI=1S/C31H41N5O5/c1-17(2)25-27(37)32-19(4)28(38)36-14-8-9-23(35-36)29(39)41-20(5)26-18(3)15-22-11-10-21(16-24(22)33-26)12-13-31(6,7)30(40)34-25/h10-13,15-17,19-20,23,25,35H,8-9,14H2,1-7H3,(H,32,37)(H,34,40)/b13-12+/t19?,20-,23+,25?/m1/s1. The molecule has 1 aromatic heterocycles. The van der Waals surface area contributed by atoms with Crippen molar-refractivity contribution in [3.63, 3.8) is 0 Å². The van der Waals surface area contributed by atoms with Gasteiger partial charge in [-0.3, -0.25) is 24.2 Å². The number of cyclic esters (lactones) is 1. The van der Waals surface area contributed by atoms with Crippen LogP contribution in [-0.2, 0) is 23.9 Å². The molecule has 3 heterocycles. The molecule has 0 aliphatic carbocycles. The van der Waals surface area contributed by atoms with E-state index in [1.165, 1.54) is 5.01 Å². The molecule has 0 saturated carbocycles. The van der Waals surface area contributed by atoms with E-state index in [0.717, 1.165) is 22.0 Å². The number of benzene rings is 1. The van der Waals surface area contributed by atoms with Crippen LogP contribution < -0.4 is 16.1 Å². The molecule has 3 amide bonds. The van der Waals surface area contributed by atoms with E-state index in [1.807, 2.05) is 51.1 Å². The summed E-state index contributed by atoms with van der Waals surface area (Å²) < 4.78 is 5.83. The predicted octanol–water partition coefficient (Wildman–Crippen LogP) is 3.34. The lowest BCUT2D eigenvalue weighted by Gasteiger charge is -2.35.